The zero-order valence-corrected chi connectivity index (χ0v) is 19.0. The van der Waals surface area contributed by atoms with Gasteiger partial charge in [-0.15, -0.1) is 0 Å². The Kier molecular flexibility index (Phi) is 8.81. The molecule has 4 nitrogen and oxygen atoms in total. The largest absolute Gasteiger partial charge is 0.354 e. The maximum atomic E-state index is 13.1. The molecular formula is C22H25Cl3N2O2. The van der Waals surface area contributed by atoms with Gasteiger partial charge in [-0.3, -0.25) is 9.59 Å². The van der Waals surface area contributed by atoms with Crippen molar-refractivity contribution in [1.29, 1.82) is 0 Å². The van der Waals surface area contributed by atoms with Gasteiger partial charge in [0.05, 0.1) is 6.42 Å². The van der Waals surface area contributed by atoms with Gasteiger partial charge in [-0.1, -0.05) is 66.8 Å². The molecule has 0 heterocycles. The van der Waals surface area contributed by atoms with Gasteiger partial charge in [-0.2, -0.15) is 0 Å². The summed E-state index contributed by atoms with van der Waals surface area (Å²) < 4.78 is 0. The van der Waals surface area contributed by atoms with E-state index < -0.39 is 6.04 Å². The van der Waals surface area contributed by atoms with Crippen molar-refractivity contribution in [1.82, 2.24) is 10.2 Å². The van der Waals surface area contributed by atoms with Gasteiger partial charge in [0.25, 0.3) is 0 Å². The lowest BCUT2D eigenvalue weighted by molar-refractivity contribution is -0.140. The first-order valence-corrected chi connectivity index (χ1v) is 10.6. The smallest absolute Gasteiger partial charge is 0.242 e. The highest BCUT2D eigenvalue weighted by atomic mass is 35.5. The van der Waals surface area contributed by atoms with Crippen LogP contribution in [0.15, 0.2) is 42.5 Å². The van der Waals surface area contributed by atoms with Crippen LogP contribution in [-0.2, 0) is 22.6 Å². The first-order valence-electron chi connectivity index (χ1n) is 9.43. The molecule has 2 amide bonds. The summed E-state index contributed by atoms with van der Waals surface area (Å²) in [6.45, 7) is 6.60. The number of nitrogens with one attached hydrogen (secondary N) is 1. The lowest BCUT2D eigenvalue weighted by Crippen LogP contribution is -2.48. The van der Waals surface area contributed by atoms with Crippen molar-refractivity contribution in [2.24, 2.45) is 5.92 Å². The molecule has 29 heavy (non-hydrogen) atoms. The molecule has 0 aliphatic rings. The fourth-order valence-electron chi connectivity index (χ4n) is 2.75. The van der Waals surface area contributed by atoms with Crippen molar-refractivity contribution >= 4 is 46.6 Å². The second kappa shape index (κ2) is 10.9. The van der Waals surface area contributed by atoms with Crippen LogP contribution < -0.4 is 5.32 Å². The second-order valence-electron chi connectivity index (χ2n) is 7.38. The summed E-state index contributed by atoms with van der Waals surface area (Å²) in [5.74, 6) is -0.0703. The van der Waals surface area contributed by atoms with Crippen LogP contribution in [0.3, 0.4) is 0 Å². The molecule has 1 N–H and O–H groups in total. The standard InChI is InChI=1S/C22H25Cl3N2O2/c1-14(2)12-26-22(29)15(3)27(13-16-4-7-18(23)8-5-16)21(28)10-17-6-9-19(24)11-20(17)25/h4-9,11,14-15H,10,12-13H2,1-3H3,(H,26,29)/t15-/m1/s1. The molecule has 2 aromatic carbocycles. The van der Waals surface area contributed by atoms with Crippen molar-refractivity contribution in [2.45, 2.75) is 39.8 Å². The van der Waals surface area contributed by atoms with E-state index in [0.29, 0.717) is 33.1 Å². The van der Waals surface area contributed by atoms with Crippen LogP contribution in [0.1, 0.15) is 31.9 Å². The van der Waals surface area contributed by atoms with Crippen LogP contribution in [0.4, 0.5) is 0 Å². The molecule has 0 aliphatic carbocycles. The highest BCUT2D eigenvalue weighted by Gasteiger charge is 2.26. The van der Waals surface area contributed by atoms with E-state index in [1.54, 1.807) is 42.2 Å². The molecule has 2 rings (SSSR count). The van der Waals surface area contributed by atoms with E-state index in [9.17, 15) is 9.59 Å². The van der Waals surface area contributed by atoms with Gasteiger partial charge in [0.2, 0.25) is 11.8 Å². The van der Waals surface area contributed by atoms with Crippen LogP contribution >= 0.6 is 34.8 Å². The van der Waals surface area contributed by atoms with E-state index in [1.165, 1.54) is 0 Å². The Morgan fingerprint density at radius 3 is 2.17 bits per heavy atom. The molecule has 0 aliphatic heterocycles. The molecule has 0 spiro atoms. The number of hydrogen-bond donors (Lipinski definition) is 1. The fraction of sp³-hybridized carbons (Fsp3) is 0.364. The van der Waals surface area contributed by atoms with E-state index in [1.807, 2.05) is 26.0 Å². The molecule has 2 aromatic rings. The van der Waals surface area contributed by atoms with Crippen LogP contribution in [0.25, 0.3) is 0 Å². The van der Waals surface area contributed by atoms with E-state index in [0.717, 1.165) is 5.56 Å². The summed E-state index contributed by atoms with van der Waals surface area (Å²) in [5, 5.41) is 4.44. The molecule has 156 valence electrons. The summed E-state index contributed by atoms with van der Waals surface area (Å²) in [6.07, 6.45) is 0.0748. The molecular weight excluding hydrogens is 431 g/mol. The summed E-state index contributed by atoms with van der Waals surface area (Å²) in [4.78, 5) is 27.3. The molecule has 1 atom stereocenters. The second-order valence-corrected chi connectivity index (χ2v) is 8.66. The minimum absolute atomic E-state index is 0.0748. The summed E-state index contributed by atoms with van der Waals surface area (Å²) in [6, 6.07) is 11.6. The van der Waals surface area contributed by atoms with Crippen molar-refractivity contribution < 1.29 is 9.59 Å². The number of hydrogen-bond acceptors (Lipinski definition) is 2. The van der Waals surface area contributed by atoms with Crippen molar-refractivity contribution in [3.05, 3.63) is 68.7 Å². The van der Waals surface area contributed by atoms with Crippen molar-refractivity contribution in [3.63, 3.8) is 0 Å². The van der Waals surface area contributed by atoms with E-state index in [-0.39, 0.29) is 24.8 Å². The molecule has 0 saturated carbocycles. The Hall–Kier alpha value is -1.75. The summed E-state index contributed by atoms with van der Waals surface area (Å²) in [7, 11) is 0. The molecule has 0 unspecified atom stereocenters. The van der Waals surface area contributed by atoms with Gasteiger partial charge < -0.3 is 10.2 Å². The van der Waals surface area contributed by atoms with Crippen LogP contribution in [0, 0.1) is 5.92 Å². The number of amides is 2. The highest BCUT2D eigenvalue weighted by Crippen LogP contribution is 2.23. The molecule has 0 aromatic heterocycles. The minimum atomic E-state index is -0.636. The SMILES string of the molecule is CC(C)CNC(=O)[C@@H](C)N(Cc1ccc(Cl)cc1)C(=O)Cc1ccc(Cl)cc1Cl. The minimum Gasteiger partial charge on any atom is -0.354 e. The number of carbonyl (C=O) groups is 2. The normalized spacial score (nSPS) is 12.0. The fourth-order valence-corrected chi connectivity index (χ4v) is 3.35. The molecule has 0 radical (unpaired) electrons. The van der Waals surface area contributed by atoms with Gasteiger partial charge in [0.15, 0.2) is 0 Å². The quantitative estimate of drug-likeness (QED) is 0.581. The van der Waals surface area contributed by atoms with E-state index in [2.05, 4.69) is 5.32 Å². The molecule has 7 heteroatoms. The molecule has 0 saturated heterocycles. The maximum absolute atomic E-state index is 13.1. The number of benzene rings is 2. The van der Waals surface area contributed by atoms with E-state index in [4.69, 9.17) is 34.8 Å². The number of halogens is 3. The Bertz CT molecular complexity index is 854. The molecule has 0 bridgehead atoms. The number of nitrogens with zero attached hydrogens (tertiary/aromatic N) is 1. The Morgan fingerprint density at radius 2 is 1.59 bits per heavy atom. The Morgan fingerprint density at radius 1 is 0.966 bits per heavy atom. The topological polar surface area (TPSA) is 49.4 Å². The van der Waals surface area contributed by atoms with Gasteiger partial charge >= 0.3 is 0 Å². The maximum Gasteiger partial charge on any atom is 0.242 e. The Balaban J connectivity index is 2.23. The van der Waals surface area contributed by atoms with Crippen LogP contribution in [0.2, 0.25) is 15.1 Å². The van der Waals surface area contributed by atoms with Crippen LogP contribution in [0.5, 0.6) is 0 Å². The third-order valence-electron chi connectivity index (χ3n) is 4.47. The monoisotopic (exact) mass is 454 g/mol. The predicted molar refractivity (Wildman–Crippen MR) is 119 cm³/mol. The van der Waals surface area contributed by atoms with Gasteiger partial charge in [-0.05, 0) is 48.2 Å². The van der Waals surface area contributed by atoms with Gasteiger partial charge in [0, 0.05) is 28.2 Å². The molecule has 0 fully saturated rings. The zero-order chi connectivity index (χ0) is 21.6. The average Bonchev–Trinajstić information content (AvgIpc) is 2.67. The third kappa shape index (κ3) is 7.22. The number of carbonyl (C=O) groups excluding carboxylic acids is 2. The lowest BCUT2D eigenvalue weighted by atomic mass is 10.1. The number of rotatable bonds is 8. The summed E-state index contributed by atoms with van der Waals surface area (Å²) >= 11 is 18.1. The predicted octanol–water partition coefficient (Wildman–Crippen LogP) is 5.38. The van der Waals surface area contributed by atoms with Crippen LogP contribution in [-0.4, -0.2) is 29.3 Å². The van der Waals surface area contributed by atoms with E-state index >= 15 is 0 Å². The Labute approximate surface area is 187 Å². The van der Waals surface area contributed by atoms with Crippen molar-refractivity contribution in [3.8, 4) is 0 Å². The summed E-state index contributed by atoms with van der Waals surface area (Å²) in [5.41, 5.74) is 1.55. The lowest BCUT2D eigenvalue weighted by Gasteiger charge is -2.29. The van der Waals surface area contributed by atoms with Gasteiger partial charge in [-0.25, -0.2) is 0 Å². The first-order chi connectivity index (χ1) is 13.7. The van der Waals surface area contributed by atoms with Gasteiger partial charge in [0.1, 0.15) is 6.04 Å². The highest BCUT2D eigenvalue weighted by molar-refractivity contribution is 6.35. The van der Waals surface area contributed by atoms with Crippen molar-refractivity contribution in [2.75, 3.05) is 6.54 Å². The third-order valence-corrected chi connectivity index (χ3v) is 5.31. The first kappa shape index (κ1) is 23.5. The average molecular weight is 456 g/mol. The zero-order valence-electron chi connectivity index (χ0n) is 16.7.